The lowest BCUT2D eigenvalue weighted by Crippen LogP contribution is -2.38. The van der Waals surface area contributed by atoms with E-state index in [9.17, 15) is 5.11 Å². The minimum Gasteiger partial charge on any atom is -0.393 e. The van der Waals surface area contributed by atoms with Crippen LogP contribution in [0.15, 0.2) is 30.3 Å². The SMILES string of the molecule is CC(C)(C)O[C@H]1C[C@@H](O)C[C@@]1(C)COCc1ccccc1. The Bertz CT molecular complexity index is 438. The molecule has 0 spiro atoms. The first-order valence-corrected chi connectivity index (χ1v) is 7.76. The van der Waals surface area contributed by atoms with Crippen LogP contribution in [0.4, 0.5) is 0 Å². The molecule has 1 fully saturated rings. The van der Waals surface area contributed by atoms with E-state index in [2.05, 4.69) is 39.8 Å². The number of aliphatic hydroxyl groups is 1. The Morgan fingerprint density at radius 1 is 1.24 bits per heavy atom. The Labute approximate surface area is 128 Å². The average Bonchev–Trinajstić information content (AvgIpc) is 2.63. The molecule has 1 aliphatic carbocycles. The van der Waals surface area contributed by atoms with E-state index in [1.165, 1.54) is 5.56 Å². The number of aliphatic hydroxyl groups excluding tert-OH is 1. The van der Waals surface area contributed by atoms with Gasteiger partial charge in [-0.2, -0.15) is 0 Å². The van der Waals surface area contributed by atoms with Crippen LogP contribution in [0.3, 0.4) is 0 Å². The molecule has 0 aromatic heterocycles. The molecule has 0 saturated heterocycles. The fraction of sp³-hybridized carbons (Fsp3) is 0.667. The van der Waals surface area contributed by atoms with Crippen molar-refractivity contribution in [2.45, 2.75) is 65.0 Å². The molecule has 118 valence electrons. The van der Waals surface area contributed by atoms with Gasteiger partial charge in [-0.05, 0) is 32.8 Å². The van der Waals surface area contributed by atoms with Crippen molar-refractivity contribution in [2.24, 2.45) is 5.41 Å². The van der Waals surface area contributed by atoms with Crippen molar-refractivity contribution in [3.05, 3.63) is 35.9 Å². The van der Waals surface area contributed by atoms with E-state index in [4.69, 9.17) is 9.47 Å². The molecule has 21 heavy (non-hydrogen) atoms. The molecule has 0 bridgehead atoms. The van der Waals surface area contributed by atoms with Gasteiger partial charge >= 0.3 is 0 Å². The molecular formula is C18H28O3. The third-order valence-corrected chi connectivity index (χ3v) is 4.00. The average molecular weight is 292 g/mol. The summed E-state index contributed by atoms with van der Waals surface area (Å²) in [5, 5.41) is 10.0. The lowest BCUT2D eigenvalue weighted by Gasteiger charge is -2.35. The Hall–Kier alpha value is -0.900. The molecule has 2 rings (SSSR count). The zero-order valence-electron chi connectivity index (χ0n) is 13.6. The topological polar surface area (TPSA) is 38.7 Å². The molecule has 0 amide bonds. The second-order valence-corrected chi connectivity index (χ2v) is 7.44. The quantitative estimate of drug-likeness (QED) is 0.902. The Morgan fingerprint density at radius 2 is 1.90 bits per heavy atom. The highest BCUT2D eigenvalue weighted by Crippen LogP contribution is 2.42. The molecule has 3 nitrogen and oxygen atoms in total. The third kappa shape index (κ3) is 4.80. The van der Waals surface area contributed by atoms with Crippen LogP contribution in [0, 0.1) is 5.41 Å². The van der Waals surface area contributed by atoms with Crippen LogP contribution in [0.5, 0.6) is 0 Å². The van der Waals surface area contributed by atoms with Crippen molar-refractivity contribution in [1.82, 2.24) is 0 Å². The molecule has 1 aromatic rings. The predicted molar refractivity (Wildman–Crippen MR) is 84.1 cm³/mol. The van der Waals surface area contributed by atoms with Gasteiger partial charge in [0, 0.05) is 11.8 Å². The molecule has 1 aliphatic rings. The van der Waals surface area contributed by atoms with E-state index in [0.717, 1.165) is 6.42 Å². The van der Waals surface area contributed by atoms with Crippen molar-refractivity contribution < 1.29 is 14.6 Å². The second kappa shape index (κ2) is 6.47. The zero-order valence-corrected chi connectivity index (χ0v) is 13.6. The largest absolute Gasteiger partial charge is 0.393 e. The summed E-state index contributed by atoms with van der Waals surface area (Å²) in [6.45, 7) is 9.55. The predicted octanol–water partition coefficient (Wildman–Crippen LogP) is 3.55. The molecular weight excluding hydrogens is 264 g/mol. The highest BCUT2D eigenvalue weighted by molar-refractivity contribution is 5.13. The first-order valence-electron chi connectivity index (χ1n) is 7.76. The fourth-order valence-corrected chi connectivity index (χ4v) is 3.03. The summed E-state index contributed by atoms with van der Waals surface area (Å²) >= 11 is 0. The van der Waals surface area contributed by atoms with Gasteiger partial charge in [0.1, 0.15) is 0 Å². The fourth-order valence-electron chi connectivity index (χ4n) is 3.03. The number of hydrogen-bond donors (Lipinski definition) is 1. The van der Waals surface area contributed by atoms with Gasteiger partial charge in [0.15, 0.2) is 0 Å². The monoisotopic (exact) mass is 292 g/mol. The highest BCUT2D eigenvalue weighted by atomic mass is 16.5. The lowest BCUT2D eigenvalue weighted by atomic mass is 9.87. The van der Waals surface area contributed by atoms with Crippen LogP contribution >= 0.6 is 0 Å². The number of ether oxygens (including phenoxy) is 2. The van der Waals surface area contributed by atoms with E-state index in [-0.39, 0.29) is 23.2 Å². The van der Waals surface area contributed by atoms with Gasteiger partial charge in [-0.3, -0.25) is 0 Å². The van der Waals surface area contributed by atoms with Crippen LogP contribution in [0.1, 0.15) is 46.1 Å². The van der Waals surface area contributed by atoms with E-state index in [1.807, 2.05) is 18.2 Å². The molecule has 1 saturated carbocycles. The normalized spacial score (nSPS) is 29.8. The lowest BCUT2D eigenvalue weighted by molar-refractivity contribution is -0.121. The van der Waals surface area contributed by atoms with E-state index in [1.54, 1.807) is 0 Å². The number of hydrogen-bond acceptors (Lipinski definition) is 3. The van der Waals surface area contributed by atoms with Crippen molar-refractivity contribution in [1.29, 1.82) is 0 Å². The molecule has 3 atom stereocenters. The van der Waals surface area contributed by atoms with Gasteiger partial charge in [-0.15, -0.1) is 0 Å². The first kappa shape index (κ1) is 16.5. The minimum absolute atomic E-state index is 0.0447. The van der Waals surface area contributed by atoms with Crippen molar-refractivity contribution >= 4 is 0 Å². The van der Waals surface area contributed by atoms with Gasteiger partial charge in [0.2, 0.25) is 0 Å². The molecule has 1 N–H and O–H groups in total. The maximum Gasteiger partial charge on any atom is 0.0717 e. The van der Waals surface area contributed by atoms with Crippen LogP contribution in [-0.4, -0.2) is 29.5 Å². The Kier molecular flexibility index (Phi) is 5.07. The van der Waals surface area contributed by atoms with Gasteiger partial charge in [0.25, 0.3) is 0 Å². The maximum absolute atomic E-state index is 10.0. The molecule has 3 heteroatoms. The molecule has 0 heterocycles. The molecule has 0 radical (unpaired) electrons. The van der Waals surface area contributed by atoms with Gasteiger partial charge in [-0.1, -0.05) is 37.3 Å². The van der Waals surface area contributed by atoms with Gasteiger partial charge in [0.05, 0.1) is 31.0 Å². The Balaban J connectivity index is 1.92. The summed E-state index contributed by atoms with van der Waals surface area (Å²) in [4.78, 5) is 0. The van der Waals surface area contributed by atoms with Crippen molar-refractivity contribution in [3.8, 4) is 0 Å². The number of rotatable bonds is 5. The Morgan fingerprint density at radius 3 is 2.52 bits per heavy atom. The summed E-state index contributed by atoms with van der Waals surface area (Å²) in [5.41, 5.74) is 0.851. The highest BCUT2D eigenvalue weighted by Gasteiger charge is 2.45. The van der Waals surface area contributed by atoms with Crippen LogP contribution in [0.25, 0.3) is 0 Å². The minimum atomic E-state index is -0.289. The van der Waals surface area contributed by atoms with Crippen LogP contribution in [0.2, 0.25) is 0 Å². The van der Waals surface area contributed by atoms with E-state index < -0.39 is 0 Å². The molecule has 0 aliphatic heterocycles. The summed E-state index contributed by atoms with van der Waals surface area (Å²) in [6.07, 6.45) is 1.19. The third-order valence-electron chi connectivity index (χ3n) is 4.00. The molecule has 0 unspecified atom stereocenters. The van der Waals surface area contributed by atoms with Crippen LogP contribution < -0.4 is 0 Å². The van der Waals surface area contributed by atoms with Gasteiger partial charge in [-0.25, -0.2) is 0 Å². The van der Waals surface area contributed by atoms with Crippen molar-refractivity contribution in [2.75, 3.05) is 6.61 Å². The van der Waals surface area contributed by atoms with Crippen LogP contribution in [-0.2, 0) is 16.1 Å². The first-order chi connectivity index (χ1) is 9.78. The smallest absolute Gasteiger partial charge is 0.0717 e. The van der Waals surface area contributed by atoms with Gasteiger partial charge < -0.3 is 14.6 Å². The zero-order chi connectivity index (χ0) is 15.5. The maximum atomic E-state index is 10.0. The van der Waals surface area contributed by atoms with E-state index >= 15 is 0 Å². The summed E-state index contributed by atoms with van der Waals surface area (Å²) < 4.78 is 12.1. The number of benzene rings is 1. The summed E-state index contributed by atoms with van der Waals surface area (Å²) in [5.74, 6) is 0. The second-order valence-electron chi connectivity index (χ2n) is 7.44. The summed E-state index contributed by atoms with van der Waals surface area (Å²) in [6, 6.07) is 10.2. The standard InChI is InChI=1S/C18H28O3/c1-17(2,3)21-16-10-15(19)11-18(16,4)13-20-12-14-8-6-5-7-9-14/h5-9,15-16,19H,10-13H2,1-4H3/t15-,16+,18+/m1/s1. The van der Waals surface area contributed by atoms with Crippen molar-refractivity contribution in [3.63, 3.8) is 0 Å². The summed E-state index contributed by atoms with van der Waals surface area (Å²) in [7, 11) is 0. The molecule has 1 aromatic carbocycles. The van der Waals surface area contributed by atoms with E-state index in [0.29, 0.717) is 19.6 Å².